The molecule has 4 amide bonds. The molecule has 4 aliphatic heterocycles. The Labute approximate surface area is 441 Å². The minimum atomic E-state index is -0.922. The molecule has 0 saturated carbocycles. The van der Waals surface area contributed by atoms with Crippen LogP contribution in [-0.2, 0) is 19.2 Å². The first-order valence-corrected chi connectivity index (χ1v) is 27.5. The monoisotopic (exact) mass is 1050 g/mol. The van der Waals surface area contributed by atoms with E-state index in [9.17, 15) is 24.3 Å². The lowest BCUT2D eigenvalue weighted by Crippen LogP contribution is -2.61. The molecule has 0 aliphatic carbocycles. The highest BCUT2D eigenvalue weighted by molar-refractivity contribution is 7.15. The summed E-state index contributed by atoms with van der Waals surface area (Å²) in [6.07, 6.45) is 1.10. The van der Waals surface area contributed by atoms with E-state index in [0.29, 0.717) is 36.5 Å². The fourth-order valence-corrected chi connectivity index (χ4v) is 13.1. The number of aliphatic hydroxyl groups is 1. The molecule has 2 aromatic carbocycles. The SMILES string of the molecule is Cc1ncsc1-c1ccc([C@H](C)NC(=O)[C@@H]2C[C@@H](O)CN2C(=O)[C@@H](NC(=O)CN2CCN(C3CCN(C(=O)C[C@@H]4N=C(c5ccc(Cl)cc5)c5c(sc(C)c5C)-n5c(C)nnc54)CC3)C[C@H]2C)C(C)(C)C)cc1. The Morgan fingerprint density at radius 2 is 1.60 bits per heavy atom. The summed E-state index contributed by atoms with van der Waals surface area (Å²) in [4.78, 5) is 76.4. The fraction of sp³-hybridized carbons (Fsp3) is 0.519. The molecule has 0 unspecified atom stereocenters. The van der Waals surface area contributed by atoms with Crippen LogP contribution in [0.1, 0.15) is 117 Å². The number of piperidine rings is 1. The molecule has 5 aromatic rings. The Kier molecular flexibility index (Phi) is 15.4. The Morgan fingerprint density at radius 1 is 0.904 bits per heavy atom. The molecule has 3 aromatic heterocycles. The minimum absolute atomic E-state index is 0.00344. The number of hydrogen-bond donors (Lipinski definition) is 3. The Bertz CT molecular complexity index is 2880. The number of aryl methyl sites for hydroxylation is 3. The van der Waals surface area contributed by atoms with Crippen LogP contribution in [0, 0.1) is 33.1 Å². The lowest BCUT2D eigenvalue weighted by molar-refractivity contribution is -0.144. The van der Waals surface area contributed by atoms with Gasteiger partial charge in [-0.3, -0.25) is 38.5 Å². The molecule has 16 nitrogen and oxygen atoms in total. The van der Waals surface area contributed by atoms with E-state index in [0.717, 1.165) is 80.9 Å². The van der Waals surface area contributed by atoms with Crippen molar-refractivity contribution in [1.29, 1.82) is 0 Å². The first-order valence-electron chi connectivity index (χ1n) is 25.5. The van der Waals surface area contributed by atoms with Crippen LogP contribution in [0.4, 0.5) is 0 Å². The number of thiazole rings is 1. The molecular weight excluding hydrogens is 982 g/mol. The minimum Gasteiger partial charge on any atom is -0.391 e. The van der Waals surface area contributed by atoms with Gasteiger partial charge < -0.3 is 25.5 Å². The van der Waals surface area contributed by atoms with E-state index in [1.165, 1.54) is 9.78 Å². The molecule has 388 valence electrons. The van der Waals surface area contributed by atoms with Crippen molar-refractivity contribution < 1.29 is 24.3 Å². The van der Waals surface area contributed by atoms with E-state index in [-0.39, 0.29) is 61.6 Å². The topological polar surface area (TPSA) is 181 Å². The number of aromatic nitrogens is 4. The number of aliphatic hydroxyl groups excluding tert-OH is 1. The molecule has 3 saturated heterocycles. The smallest absolute Gasteiger partial charge is 0.246 e. The average molecular weight is 1050 g/mol. The molecule has 0 bridgehead atoms. The molecule has 73 heavy (non-hydrogen) atoms. The van der Waals surface area contributed by atoms with Crippen molar-refractivity contribution >= 4 is 63.6 Å². The number of carbonyl (C=O) groups is 4. The predicted octanol–water partition coefficient (Wildman–Crippen LogP) is 6.99. The number of nitrogens with one attached hydrogen (secondary N) is 2. The second-order valence-electron chi connectivity index (χ2n) is 21.4. The van der Waals surface area contributed by atoms with Gasteiger partial charge >= 0.3 is 0 Å². The summed E-state index contributed by atoms with van der Waals surface area (Å²) in [6.45, 7) is 21.5. The van der Waals surface area contributed by atoms with E-state index in [1.54, 1.807) is 22.7 Å². The summed E-state index contributed by atoms with van der Waals surface area (Å²) in [6, 6.07) is 13.4. The molecule has 9 rings (SSSR count). The van der Waals surface area contributed by atoms with Crippen LogP contribution in [0.15, 0.2) is 59.0 Å². The number of carbonyl (C=O) groups excluding carboxylic acids is 4. The van der Waals surface area contributed by atoms with Crippen LogP contribution in [0.3, 0.4) is 0 Å². The van der Waals surface area contributed by atoms with Gasteiger partial charge in [0.2, 0.25) is 23.6 Å². The summed E-state index contributed by atoms with van der Waals surface area (Å²) in [5.41, 5.74) is 8.02. The Balaban J connectivity index is 0.779. The summed E-state index contributed by atoms with van der Waals surface area (Å²) in [5, 5.41) is 27.7. The second-order valence-corrected chi connectivity index (χ2v) is 23.9. The number of amides is 4. The van der Waals surface area contributed by atoms with Crippen LogP contribution in [0.2, 0.25) is 5.02 Å². The van der Waals surface area contributed by atoms with Crippen molar-refractivity contribution in [1.82, 2.24) is 50.0 Å². The molecule has 3 fully saturated rings. The van der Waals surface area contributed by atoms with Crippen LogP contribution in [0.5, 0.6) is 0 Å². The number of rotatable bonds is 12. The summed E-state index contributed by atoms with van der Waals surface area (Å²) >= 11 is 9.59. The number of benzene rings is 2. The molecule has 0 spiro atoms. The molecule has 0 radical (unpaired) electrons. The second kappa shape index (κ2) is 21.5. The molecule has 7 heterocycles. The molecule has 3 N–H and O–H groups in total. The van der Waals surface area contributed by atoms with Gasteiger partial charge in [-0.15, -0.1) is 32.9 Å². The number of nitrogens with zero attached hydrogens (tertiary/aromatic N) is 9. The van der Waals surface area contributed by atoms with Gasteiger partial charge in [-0.05, 0) is 88.6 Å². The summed E-state index contributed by atoms with van der Waals surface area (Å²) in [7, 11) is 0. The maximum absolute atomic E-state index is 14.4. The normalized spacial score (nSPS) is 21.8. The number of piperazine rings is 1. The zero-order chi connectivity index (χ0) is 52.0. The van der Waals surface area contributed by atoms with Crippen molar-refractivity contribution in [3.8, 4) is 15.4 Å². The molecule has 6 atom stereocenters. The van der Waals surface area contributed by atoms with Gasteiger partial charge in [-0.1, -0.05) is 68.8 Å². The van der Waals surface area contributed by atoms with Crippen molar-refractivity contribution in [3.63, 3.8) is 0 Å². The van der Waals surface area contributed by atoms with E-state index in [1.807, 2.05) is 100 Å². The Morgan fingerprint density at radius 3 is 2.26 bits per heavy atom. The van der Waals surface area contributed by atoms with E-state index in [2.05, 4.69) is 61.0 Å². The van der Waals surface area contributed by atoms with Gasteiger partial charge in [0, 0.05) is 78.8 Å². The van der Waals surface area contributed by atoms with Crippen molar-refractivity contribution in [3.05, 3.63) is 104 Å². The maximum atomic E-state index is 14.4. The average Bonchev–Trinajstić information content (AvgIpc) is 4.13. The number of fused-ring (bicyclic) bond motifs is 3. The zero-order valence-corrected chi connectivity index (χ0v) is 45.7. The quantitative estimate of drug-likeness (QED) is 0.118. The third-order valence-electron chi connectivity index (χ3n) is 15.3. The van der Waals surface area contributed by atoms with Gasteiger partial charge in [0.15, 0.2) is 5.82 Å². The van der Waals surface area contributed by atoms with Crippen molar-refractivity contribution in [2.75, 3.05) is 45.8 Å². The zero-order valence-electron chi connectivity index (χ0n) is 43.3. The van der Waals surface area contributed by atoms with E-state index < -0.39 is 29.6 Å². The fourth-order valence-electron chi connectivity index (χ4n) is 10.9. The number of hydrogen-bond acceptors (Lipinski definition) is 13. The van der Waals surface area contributed by atoms with Crippen LogP contribution >= 0.6 is 34.3 Å². The lowest BCUT2D eigenvalue weighted by atomic mass is 9.85. The number of β-amino-alcohol motifs (C(OH)–C–C–N with tert-alkyl or cyclic N) is 1. The standard InChI is InChI=1S/C54H68ClN11O5S2/c1-30-26-64(40-18-20-62(21-19-40)45(69)25-42-50-61-60-35(6)66(50)53-46(31(2)34(5)73-53)47(58-42)37-14-16-39(55)17-15-37)23-22-63(30)28-44(68)59-49(54(7,8)9)52(71)65-27-41(67)24-43(65)51(70)57-32(3)36-10-12-38(13-11-36)48-33(4)56-29-72-48/h10-17,29-30,32,40-43,49,67H,18-28H2,1-9H3,(H,57,70)(H,59,68)/t30-,32+,41-,42+,43+,49-/m1/s1. The van der Waals surface area contributed by atoms with Gasteiger partial charge in [0.1, 0.15) is 29.0 Å². The first-order chi connectivity index (χ1) is 34.7. The molecule has 19 heteroatoms. The highest BCUT2D eigenvalue weighted by Crippen LogP contribution is 2.40. The highest BCUT2D eigenvalue weighted by Gasteiger charge is 2.45. The predicted molar refractivity (Wildman–Crippen MR) is 286 cm³/mol. The first kappa shape index (κ1) is 52.5. The van der Waals surface area contributed by atoms with E-state index >= 15 is 0 Å². The van der Waals surface area contributed by atoms with Gasteiger partial charge in [0.05, 0.1) is 46.9 Å². The lowest BCUT2D eigenvalue weighted by Gasteiger charge is -2.45. The number of thiophene rings is 1. The number of likely N-dealkylation sites (tertiary alicyclic amines) is 2. The third-order valence-corrected chi connectivity index (χ3v) is 17.7. The van der Waals surface area contributed by atoms with Gasteiger partial charge in [0.25, 0.3) is 0 Å². The van der Waals surface area contributed by atoms with Gasteiger partial charge in [-0.2, -0.15) is 0 Å². The van der Waals surface area contributed by atoms with Gasteiger partial charge in [-0.25, -0.2) is 4.98 Å². The number of halogens is 1. The van der Waals surface area contributed by atoms with E-state index in [4.69, 9.17) is 16.6 Å². The Hall–Kier alpha value is -5.37. The third kappa shape index (κ3) is 11.1. The van der Waals surface area contributed by atoms with Crippen molar-refractivity contribution in [2.24, 2.45) is 10.4 Å². The van der Waals surface area contributed by atoms with Crippen LogP contribution < -0.4 is 10.6 Å². The molecule has 4 aliphatic rings. The largest absolute Gasteiger partial charge is 0.391 e. The van der Waals surface area contributed by atoms with Crippen molar-refractivity contribution in [2.45, 2.75) is 130 Å². The van der Waals surface area contributed by atoms with Crippen LogP contribution in [-0.4, -0.2) is 150 Å². The number of aliphatic imine (C=N–C) groups is 1. The molecular formula is C54H68ClN11O5S2. The summed E-state index contributed by atoms with van der Waals surface area (Å²) < 4.78 is 2.08. The van der Waals surface area contributed by atoms with Crippen LogP contribution in [0.25, 0.3) is 15.4 Å². The maximum Gasteiger partial charge on any atom is 0.246 e. The highest BCUT2D eigenvalue weighted by atomic mass is 35.5. The summed E-state index contributed by atoms with van der Waals surface area (Å²) in [5.74, 6) is 0.464.